The number of rotatable bonds is 9. The Hall–Kier alpha value is -1.15. The molecule has 0 unspecified atom stereocenters. The van der Waals surface area contributed by atoms with Gasteiger partial charge < -0.3 is 35.2 Å². The molecule has 4 rings (SSSR count). The molecule has 0 aromatic carbocycles. The first-order chi connectivity index (χ1) is 16.0. The summed E-state index contributed by atoms with van der Waals surface area (Å²) in [5.74, 6) is -2.76. The van der Waals surface area contributed by atoms with E-state index in [4.69, 9.17) is 0 Å². The van der Waals surface area contributed by atoms with Crippen molar-refractivity contribution in [2.75, 3.05) is 24.6 Å². The molecule has 0 aliphatic carbocycles. The van der Waals surface area contributed by atoms with Gasteiger partial charge in [0.2, 0.25) is 5.91 Å². The number of amides is 2. The molecular weight excluding hydrogens is 503 g/mol. The third-order valence-corrected chi connectivity index (χ3v) is 9.11. The van der Waals surface area contributed by atoms with Crippen molar-refractivity contribution in [3.8, 4) is 0 Å². The third kappa shape index (κ3) is 5.16. The first kappa shape index (κ1) is 28.4. The predicted octanol–water partition coefficient (Wildman–Crippen LogP) is -3.37. The first-order valence-electron chi connectivity index (χ1n) is 11.3. The minimum atomic E-state index is -1.37. The number of aliphatic carboxylic acids is 1. The summed E-state index contributed by atoms with van der Waals surface area (Å²) >= 11 is 2.79. The van der Waals surface area contributed by atoms with Crippen LogP contribution in [0.1, 0.15) is 38.2 Å². The van der Waals surface area contributed by atoms with E-state index >= 15 is 0 Å². The van der Waals surface area contributed by atoms with E-state index in [1.807, 2.05) is 25.7 Å². The van der Waals surface area contributed by atoms with E-state index in [1.165, 1.54) is 28.0 Å². The second-order valence-corrected chi connectivity index (χ2v) is 11.6. The van der Waals surface area contributed by atoms with Crippen molar-refractivity contribution in [2.45, 2.75) is 51.1 Å². The molecule has 3 aliphatic rings. The molecule has 35 heavy (non-hydrogen) atoms. The predicted molar refractivity (Wildman–Crippen MR) is 126 cm³/mol. The summed E-state index contributed by atoms with van der Waals surface area (Å²) in [7, 11) is 0. The normalized spacial score (nSPS) is 25.6. The standard InChI is InChI=1S/C22H30N4O6S2.Na/c1-9(2)13(7-27)23-19(29)14-8-33-22(24-14)25-5-12(6-25)34-18-10(3)16-15(11(4)28)20(30)26(16)17(18)21(31)32;/h8-13,15-16,27-28H,5-7H2,1-4H3,(H,23,29)(H,31,32);/q;+1/p-1/t10-,11-,13-,15-,16-;/m1./s1. The second kappa shape index (κ2) is 11.1. The Labute approximate surface area is 234 Å². The van der Waals surface area contributed by atoms with Crippen molar-refractivity contribution in [1.82, 2.24) is 15.2 Å². The number of aliphatic hydroxyl groups excluding tert-OH is 2. The van der Waals surface area contributed by atoms with Crippen LogP contribution in [-0.2, 0) is 9.59 Å². The molecule has 4 heterocycles. The molecule has 5 atom stereocenters. The van der Waals surface area contributed by atoms with Crippen LogP contribution in [0.3, 0.4) is 0 Å². The van der Waals surface area contributed by atoms with Crippen LogP contribution in [0, 0.1) is 17.8 Å². The molecule has 2 amide bonds. The van der Waals surface area contributed by atoms with Gasteiger partial charge >= 0.3 is 29.6 Å². The molecule has 1 aromatic heterocycles. The molecule has 0 spiro atoms. The third-order valence-electron chi connectivity index (χ3n) is 6.76. The van der Waals surface area contributed by atoms with Crippen LogP contribution in [0.25, 0.3) is 0 Å². The van der Waals surface area contributed by atoms with E-state index in [-0.39, 0.29) is 82.8 Å². The summed E-state index contributed by atoms with van der Waals surface area (Å²) in [6.45, 7) is 8.38. The van der Waals surface area contributed by atoms with Crippen LogP contribution in [-0.4, -0.2) is 81.0 Å². The van der Waals surface area contributed by atoms with Gasteiger partial charge in [-0.25, -0.2) is 4.98 Å². The average molecular weight is 533 g/mol. The summed E-state index contributed by atoms with van der Waals surface area (Å²) in [6, 6.07) is -0.693. The Morgan fingerprint density at radius 3 is 2.54 bits per heavy atom. The second-order valence-electron chi connectivity index (χ2n) is 9.42. The fourth-order valence-electron chi connectivity index (χ4n) is 4.70. The monoisotopic (exact) mass is 532 g/mol. The van der Waals surface area contributed by atoms with Gasteiger partial charge in [0.1, 0.15) is 5.69 Å². The number of thiazole rings is 1. The number of carbonyl (C=O) groups is 3. The van der Waals surface area contributed by atoms with Gasteiger partial charge in [-0.1, -0.05) is 20.8 Å². The zero-order valence-electron chi connectivity index (χ0n) is 20.4. The maximum absolute atomic E-state index is 12.4. The van der Waals surface area contributed by atoms with E-state index in [2.05, 4.69) is 10.3 Å². The summed E-state index contributed by atoms with van der Waals surface area (Å²) in [5, 5.41) is 36.5. The van der Waals surface area contributed by atoms with Crippen LogP contribution >= 0.6 is 23.1 Å². The Bertz CT molecular complexity index is 1030. The average Bonchev–Trinajstić information content (AvgIpc) is 3.30. The molecule has 2 saturated heterocycles. The van der Waals surface area contributed by atoms with Gasteiger partial charge in [-0.05, 0) is 12.8 Å². The SMILES string of the molecule is CC(C)[C@@H](CO)NC(=O)c1csc(N2CC(SC3=C(C(=O)[O-])N4C(=O)[C@H]([C@@H](C)O)[C@H]4[C@H]3C)C2)n1.[Na+]. The van der Waals surface area contributed by atoms with Crippen LogP contribution in [0.15, 0.2) is 16.0 Å². The van der Waals surface area contributed by atoms with E-state index in [0.29, 0.717) is 28.8 Å². The molecule has 186 valence electrons. The van der Waals surface area contributed by atoms with E-state index < -0.39 is 18.0 Å². The Morgan fingerprint density at radius 1 is 1.34 bits per heavy atom. The molecule has 0 saturated carbocycles. The zero-order valence-corrected chi connectivity index (χ0v) is 24.1. The topological polar surface area (TPSA) is 146 Å². The molecular formula is C22H29N4NaO6S2. The van der Waals surface area contributed by atoms with Crippen LogP contribution in [0.2, 0.25) is 0 Å². The summed E-state index contributed by atoms with van der Waals surface area (Å²) in [5.41, 5.74) is 0.230. The fraction of sp³-hybridized carbons (Fsp3) is 0.636. The first-order valence-corrected chi connectivity index (χ1v) is 13.1. The molecule has 10 nitrogen and oxygen atoms in total. The number of β-lactam (4-membered cyclic amide) rings is 1. The minimum Gasteiger partial charge on any atom is -0.543 e. The van der Waals surface area contributed by atoms with Gasteiger partial charge in [0, 0.05) is 34.5 Å². The van der Waals surface area contributed by atoms with Gasteiger partial charge in [-0.3, -0.25) is 9.59 Å². The molecule has 1 aromatic rings. The van der Waals surface area contributed by atoms with Crippen molar-refractivity contribution < 1.29 is 59.3 Å². The van der Waals surface area contributed by atoms with Crippen LogP contribution in [0.5, 0.6) is 0 Å². The number of hydrogen-bond donors (Lipinski definition) is 3. The molecule has 3 aliphatic heterocycles. The van der Waals surface area contributed by atoms with Crippen molar-refractivity contribution in [2.24, 2.45) is 17.8 Å². The number of thioether (sulfide) groups is 1. The zero-order chi connectivity index (χ0) is 24.9. The van der Waals surface area contributed by atoms with Gasteiger partial charge in [0.15, 0.2) is 5.13 Å². The molecule has 13 heteroatoms. The summed E-state index contributed by atoms with van der Waals surface area (Å²) in [4.78, 5) is 45.1. The smallest absolute Gasteiger partial charge is 0.543 e. The van der Waals surface area contributed by atoms with Crippen molar-refractivity contribution in [1.29, 1.82) is 0 Å². The number of nitrogens with zero attached hydrogens (tertiary/aromatic N) is 3. The molecule has 0 radical (unpaired) electrons. The number of carbonyl (C=O) groups excluding carboxylic acids is 3. The Kier molecular flexibility index (Phi) is 8.99. The van der Waals surface area contributed by atoms with Crippen LogP contribution in [0.4, 0.5) is 5.13 Å². The Morgan fingerprint density at radius 2 is 2.00 bits per heavy atom. The minimum absolute atomic E-state index is 0. The number of carboxylic acids is 1. The van der Waals surface area contributed by atoms with Gasteiger partial charge in [-0.15, -0.1) is 23.1 Å². The van der Waals surface area contributed by atoms with Gasteiger partial charge in [0.25, 0.3) is 5.91 Å². The van der Waals surface area contributed by atoms with Crippen molar-refractivity contribution >= 4 is 46.0 Å². The van der Waals surface area contributed by atoms with Gasteiger partial charge in [-0.2, -0.15) is 0 Å². The number of hydrogen-bond acceptors (Lipinski definition) is 10. The number of fused-ring (bicyclic) bond motifs is 1. The molecule has 0 bridgehead atoms. The Balaban J connectivity index is 0.00000342. The molecule has 2 fully saturated rings. The number of anilines is 1. The maximum Gasteiger partial charge on any atom is 1.00 e. The van der Waals surface area contributed by atoms with E-state index in [0.717, 1.165) is 0 Å². The summed E-state index contributed by atoms with van der Waals surface area (Å²) in [6.07, 6.45) is -0.841. The van der Waals surface area contributed by atoms with Crippen LogP contribution < -0.4 is 44.9 Å². The van der Waals surface area contributed by atoms with Gasteiger partial charge in [0.05, 0.1) is 42.4 Å². The number of aromatic nitrogens is 1. The maximum atomic E-state index is 12.4. The molecule has 3 N–H and O–H groups in total. The van der Waals surface area contributed by atoms with Crippen molar-refractivity contribution in [3.63, 3.8) is 0 Å². The number of aliphatic hydroxyl groups is 2. The largest absolute Gasteiger partial charge is 1.00 e. The summed E-state index contributed by atoms with van der Waals surface area (Å²) < 4.78 is 0. The van der Waals surface area contributed by atoms with E-state index in [9.17, 15) is 29.7 Å². The van der Waals surface area contributed by atoms with E-state index in [1.54, 1.807) is 12.3 Å². The number of nitrogens with one attached hydrogen (secondary N) is 1. The quantitative estimate of drug-likeness (QED) is 0.219. The fourth-order valence-corrected chi connectivity index (χ4v) is 7.04. The number of carboxylic acid groups (broad SMARTS) is 1. The van der Waals surface area contributed by atoms with Crippen molar-refractivity contribution in [3.05, 3.63) is 21.7 Å².